The third-order valence-electron chi connectivity index (χ3n) is 2.77. The predicted molar refractivity (Wildman–Crippen MR) is 65.9 cm³/mol. The van der Waals surface area contributed by atoms with Gasteiger partial charge in [0.25, 0.3) is 0 Å². The van der Waals surface area contributed by atoms with E-state index in [-0.39, 0.29) is 0 Å². The normalized spacial score (nSPS) is 24.3. The highest BCUT2D eigenvalue weighted by Crippen LogP contribution is 2.28. The Morgan fingerprint density at radius 3 is 2.73 bits per heavy atom. The van der Waals surface area contributed by atoms with Crippen LogP contribution < -0.4 is 11.1 Å². The van der Waals surface area contributed by atoms with Gasteiger partial charge in [-0.05, 0) is 30.9 Å². The van der Waals surface area contributed by atoms with E-state index < -0.39 is 0 Å². The van der Waals surface area contributed by atoms with E-state index in [1.807, 2.05) is 12.1 Å². The van der Waals surface area contributed by atoms with E-state index in [0.717, 1.165) is 17.3 Å². The third-order valence-corrected chi connectivity index (χ3v) is 3.01. The number of hydrogen-bond acceptors (Lipinski definition) is 3. The molecule has 0 radical (unpaired) electrons. The van der Waals surface area contributed by atoms with Crippen molar-refractivity contribution in [2.75, 3.05) is 5.32 Å². The van der Waals surface area contributed by atoms with E-state index in [0.29, 0.717) is 11.0 Å². The van der Waals surface area contributed by atoms with Gasteiger partial charge in [0, 0.05) is 17.8 Å². The van der Waals surface area contributed by atoms with E-state index in [1.165, 1.54) is 12.8 Å². The van der Waals surface area contributed by atoms with Gasteiger partial charge in [0.2, 0.25) is 0 Å². The highest BCUT2D eigenvalue weighted by molar-refractivity contribution is 7.80. The molecular formula is C11H15N3S. The van der Waals surface area contributed by atoms with Crippen LogP contribution in [-0.2, 0) is 0 Å². The summed E-state index contributed by atoms with van der Waals surface area (Å²) in [5.74, 6) is 1.75. The van der Waals surface area contributed by atoms with Crippen LogP contribution in [-0.4, -0.2) is 16.0 Å². The SMILES string of the molecule is CC1CC(Nc2ccc(C(N)=S)cn2)C1. The first-order chi connectivity index (χ1) is 7.15. The summed E-state index contributed by atoms with van der Waals surface area (Å²) >= 11 is 4.86. The maximum atomic E-state index is 5.49. The van der Waals surface area contributed by atoms with Gasteiger partial charge < -0.3 is 11.1 Å². The topological polar surface area (TPSA) is 50.9 Å². The molecule has 1 aromatic heterocycles. The lowest BCUT2D eigenvalue weighted by molar-refractivity contribution is 0.308. The Bertz CT molecular complexity index is 355. The lowest BCUT2D eigenvalue weighted by Crippen LogP contribution is -2.34. The molecule has 80 valence electrons. The van der Waals surface area contributed by atoms with Crippen molar-refractivity contribution in [3.63, 3.8) is 0 Å². The second-order valence-corrected chi connectivity index (χ2v) is 4.65. The molecule has 0 aliphatic heterocycles. The van der Waals surface area contributed by atoms with Crippen LogP contribution in [0.5, 0.6) is 0 Å². The third kappa shape index (κ3) is 2.45. The summed E-state index contributed by atoms with van der Waals surface area (Å²) in [6, 6.07) is 4.42. The minimum atomic E-state index is 0.395. The zero-order valence-corrected chi connectivity index (χ0v) is 9.55. The number of nitrogens with zero attached hydrogens (tertiary/aromatic N) is 1. The zero-order chi connectivity index (χ0) is 10.8. The molecule has 0 amide bonds. The number of nitrogens with two attached hydrogens (primary N) is 1. The van der Waals surface area contributed by atoms with Crippen molar-refractivity contribution in [3.8, 4) is 0 Å². The summed E-state index contributed by atoms with van der Waals surface area (Å²) in [4.78, 5) is 4.66. The monoisotopic (exact) mass is 221 g/mol. The fourth-order valence-corrected chi connectivity index (χ4v) is 1.98. The number of aromatic nitrogens is 1. The summed E-state index contributed by atoms with van der Waals surface area (Å²) in [6.07, 6.45) is 4.18. The Morgan fingerprint density at radius 1 is 1.53 bits per heavy atom. The van der Waals surface area contributed by atoms with E-state index in [9.17, 15) is 0 Å². The van der Waals surface area contributed by atoms with Gasteiger partial charge in [0.05, 0.1) is 0 Å². The molecule has 4 heteroatoms. The average Bonchev–Trinajstić information content (AvgIpc) is 2.16. The molecule has 3 N–H and O–H groups in total. The molecule has 0 spiro atoms. The van der Waals surface area contributed by atoms with Crippen molar-refractivity contribution >= 4 is 23.0 Å². The Hall–Kier alpha value is -1.16. The Kier molecular flexibility index (Phi) is 2.86. The summed E-state index contributed by atoms with van der Waals surface area (Å²) in [5, 5.41) is 3.38. The van der Waals surface area contributed by atoms with E-state index >= 15 is 0 Å². The predicted octanol–water partition coefficient (Wildman–Crippen LogP) is 1.93. The Morgan fingerprint density at radius 2 is 2.27 bits per heavy atom. The van der Waals surface area contributed by atoms with Crippen LogP contribution in [0.2, 0.25) is 0 Å². The van der Waals surface area contributed by atoms with Crippen LogP contribution in [0.3, 0.4) is 0 Å². The number of hydrogen-bond donors (Lipinski definition) is 2. The molecule has 2 rings (SSSR count). The molecule has 1 aliphatic rings. The molecule has 1 saturated carbocycles. The second kappa shape index (κ2) is 4.14. The van der Waals surface area contributed by atoms with E-state index in [4.69, 9.17) is 18.0 Å². The average molecular weight is 221 g/mol. The number of anilines is 1. The quantitative estimate of drug-likeness (QED) is 0.766. The maximum absolute atomic E-state index is 5.49. The fraction of sp³-hybridized carbons (Fsp3) is 0.455. The summed E-state index contributed by atoms with van der Waals surface area (Å²) in [7, 11) is 0. The van der Waals surface area contributed by atoms with Crippen molar-refractivity contribution in [3.05, 3.63) is 23.9 Å². The molecular weight excluding hydrogens is 206 g/mol. The highest BCUT2D eigenvalue weighted by atomic mass is 32.1. The van der Waals surface area contributed by atoms with Crippen LogP contribution >= 0.6 is 12.2 Å². The minimum Gasteiger partial charge on any atom is -0.389 e. The molecule has 0 bridgehead atoms. The molecule has 1 heterocycles. The fourth-order valence-electron chi connectivity index (χ4n) is 1.85. The maximum Gasteiger partial charge on any atom is 0.126 e. The first-order valence-electron chi connectivity index (χ1n) is 5.17. The van der Waals surface area contributed by atoms with Gasteiger partial charge in [-0.15, -0.1) is 0 Å². The number of pyridine rings is 1. The number of thiocarbonyl (C=S) groups is 1. The van der Waals surface area contributed by atoms with Crippen LogP contribution in [0, 0.1) is 5.92 Å². The van der Waals surface area contributed by atoms with Gasteiger partial charge in [-0.25, -0.2) is 4.98 Å². The standard InChI is InChI=1S/C11H15N3S/c1-7-4-9(5-7)14-10-3-2-8(6-13-10)11(12)15/h2-3,6-7,9H,4-5H2,1H3,(H2,12,15)(H,13,14). The van der Waals surface area contributed by atoms with Crippen molar-refractivity contribution in [1.82, 2.24) is 4.98 Å². The van der Waals surface area contributed by atoms with Crippen molar-refractivity contribution in [2.45, 2.75) is 25.8 Å². The number of rotatable bonds is 3. The first-order valence-corrected chi connectivity index (χ1v) is 5.58. The molecule has 0 saturated heterocycles. The molecule has 1 fully saturated rings. The Labute approximate surface area is 95.1 Å². The van der Waals surface area contributed by atoms with E-state index in [2.05, 4.69) is 17.2 Å². The lowest BCUT2D eigenvalue weighted by Gasteiger charge is -2.33. The van der Waals surface area contributed by atoms with Gasteiger partial charge in [0.15, 0.2) is 0 Å². The van der Waals surface area contributed by atoms with Gasteiger partial charge in [-0.1, -0.05) is 19.1 Å². The summed E-state index contributed by atoms with van der Waals surface area (Å²) in [6.45, 7) is 2.27. The molecule has 0 aromatic carbocycles. The van der Waals surface area contributed by atoms with Crippen molar-refractivity contribution in [2.24, 2.45) is 11.7 Å². The highest BCUT2D eigenvalue weighted by Gasteiger charge is 2.25. The molecule has 1 aliphatic carbocycles. The Balaban J connectivity index is 1.95. The molecule has 15 heavy (non-hydrogen) atoms. The first kappa shape index (κ1) is 10.4. The summed E-state index contributed by atoms with van der Waals surface area (Å²) < 4.78 is 0. The molecule has 0 atom stereocenters. The van der Waals surface area contributed by atoms with Crippen LogP contribution in [0.25, 0.3) is 0 Å². The van der Waals surface area contributed by atoms with Gasteiger partial charge in [0.1, 0.15) is 10.8 Å². The van der Waals surface area contributed by atoms with Crippen LogP contribution in [0.4, 0.5) is 5.82 Å². The second-order valence-electron chi connectivity index (χ2n) is 4.21. The minimum absolute atomic E-state index is 0.395. The van der Waals surface area contributed by atoms with Gasteiger partial charge in [-0.2, -0.15) is 0 Å². The van der Waals surface area contributed by atoms with Crippen LogP contribution in [0.1, 0.15) is 25.3 Å². The molecule has 1 aromatic rings. The van der Waals surface area contributed by atoms with Crippen LogP contribution in [0.15, 0.2) is 18.3 Å². The molecule has 3 nitrogen and oxygen atoms in total. The summed E-state index contributed by atoms with van der Waals surface area (Å²) in [5.41, 5.74) is 6.31. The zero-order valence-electron chi connectivity index (χ0n) is 8.73. The largest absolute Gasteiger partial charge is 0.389 e. The van der Waals surface area contributed by atoms with Crippen molar-refractivity contribution < 1.29 is 0 Å². The number of nitrogens with one attached hydrogen (secondary N) is 1. The van der Waals surface area contributed by atoms with Gasteiger partial charge in [-0.3, -0.25) is 0 Å². The van der Waals surface area contributed by atoms with Crippen molar-refractivity contribution in [1.29, 1.82) is 0 Å². The lowest BCUT2D eigenvalue weighted by atomic mass is 9.82. The smallest absolute Gasteiger partial charge is 0.126 e. The van der Waals surface area contributed by atoms with E-state index in [1.54, 1.807) is 6.20 Å². The van der Waals surface area contributed by atoms with Gasteiger partial charge >= 0.3 is 0 Å². The molecule has 0 unspecified atom stereocenters.